The molecule has 0 atom stereocenters. The zero-order valence-corrected chi connectivity index (χ0v) is 14.5. The first-order chi connectivity index (χ1) is 12.1. The Kier molecular flexibility index (Phi) is 5.53. The van der Waals surface area contributed by atoms with E-state index in [0.717, 1.165) is 24.2 Å². The summed E-state index contributed by atoms with van der Waals surface area (Å²) in [6.07, 6.45) is 4.72. The average molecular weight is 340 g/mol. The molecule has 1 aromatic carbocycles. The summed E-state index contributed by atoms with van der Waals surface area (Å²) in [5.74, 6) is 0.621. The van der Waals surface area contributed by atoms with Crippen molar-refractivity contribution < 1.29 is 14.0 Å². The third kappa shape index (κ3) is 5.21. The van der Waals surface area contributed by atoms with Crippen molar-refractivity contribution in [2.24, 2.45) is 0 Å². The van der Waals surface area contributed by atoms with Crippen molar-refractivity contribution in [2.75, 3.05) is 6.54 Å². The highest BCUT2D eigenvalue weighted by atomic mass is 16.3. The van der Waals surface area contributed by atoms with Crippen LogP contribution >= 0.6 is 0 Å². The number of carbonyl (C=O) groups is 2. The van der Waals surface area contributed by atoms with Crippen LogP contribution in [0.5, 0.6) is 0 Å². The maximum atomic E-state index is 12.4. The van der Waals surface area contributed by atoms with Crippen LogP contribution in [0.15, 0.2) is 47.1 Å². The van der Waals surface area contributed by atoms with E-state index in [9.17, 15) is 9.59 Å². The van der Waals surface area contributed by atoms with E-state index in [1.54, 1.807) is 11.2 Å². The van der Waals surface area contributed by atoms with E-state index in [0.29, 0.717) is 19.4 Å². The van der Waals surface area contributed by atoms with Crippen molar-refractivity contribution in [3.05, 3.63) is 59.5 Å². The number of hydrogen-bond donors (Lipinski definition) is 1. The fourth-order valence-electron chi connectivity index (χ4n) is 2.75. The molecule has 1 aromatic heterocycles. The highest BCUT2D eigenvalue weighted by Crippen LogP contribution is 2.28. The zero-order valence-electron chi connectivity index (χ0n) is 14.5. The lowest BCUT2D eigenvalue weighted by molar-refractivity contribution is -0.134. The number of hydrogen-bond acceptors (Lipinski definition) is 3. The minimum atomic E-state index is -0.0947. The Morgan fingerprint density at radius 3 is 2.60 bits per heavy atom. The number of nitrogens with one attached hydrogen (secondary N) is 1. The first-order valence-corrected chi connectivity index (χ1v) is 8.76. The molecular weight excluding hydrogens is 316 g/mol. The summed E-state index contributed by atoms with van der Waals surface area (Å²) in [6, 6.07) is 12.1. The molecule has 3 rings (SSSR count). The summed E-state index contributed by atoms with van der Waals surface area (Å²) < 4.78 is 5.33. The Morgan fingerprint density at radius 1 is 1.20 bits per heavy atom. The second-order valence-electron chi connectivity index (χ2n) is 6.59. The van der Waals surface area contributed by atoms with Crippen molar-refractivity contribution in [3.8, 4) is 0 Å². The fourth-order valence-corrected chi connectivity index (χ4v) is 2.75. The van der Waals surface area contributed by atoms with Gasteiger partial charge in [-0.15, -0.1) is 0 Å². The number of rotatable bonds is 8. The van der Waals surface area contributed by atoms with Gasteiger partial charge < -0.3 is 14.6 Å². The van der Waals surface area contributed by atoms with Gasteiger partial charge in [-0.25, -0.2) is 0 Å². The first kappa shape index (κ1) is 17.3. The van der Waals surface area contributed by atoms with Gasteiger partial charge in [0.15, 0.2) is 0 Å². The molecule has 5 heteroatoms. The molecule has 1 N–H and O–H groups in total. The van der Waals surface area contributed by atoms with E-state index in [-0.39, 0.29) is 24.4 Å². The molecule has 0 radical (unpaired) electrons. The van der Waals surface area contributed by atoms with Crippen molar-refractivity contribution >= 4 is 11.8 Å². The minimum Gasteiger partial charge on any atom is -0.467 e. The SMILES string of the molecule is Cc1ccc(CCC(=O)NCC(=O)N(Cc2ccco2)C2CC2)cc1. The molecule has 1 heterocycles. The predicted octanol–water partition coefficient (Wildman–Crippen LogP) is 2.83. The molecule has 5 nitrogen and oxygen atoms in total. The van der Waals surface area contributed by atoms with E-state index in [1.807, 2.05) is 43.3 Å². The van der Waals surface area contributed by atoms with Gasteiger partial charge in [0.1, 0.15) is 5.76 Å². The van der Waals surface area contributed by atoms with Crippen LogP contribution in [0, 0.1) is 6.92 Å². The number of carbonyl (C=O) groups excluding carboxylic acids is 2. The third-order valence-corrected chi connectivity index (χ3v) is 4.41. The molecule has 132 valence electrons. The number of benzene rings is 1. The number of amides is 2. The van der Waals surface area contributed by atoms with Gasteiger partial charge in [-0.1, -0.05) is 29.8 Å². The number of nitrogens with zero attached hydrogens (tertiary/aromatic N) is 1. The van der Waals surface area contributed by atoms with Crippen LogP contribution in [-0.2, 0) is 22.6 Å². The third-order valence-electron chi connectivity index (χ3n) is 4.41. The van der Waals surface area contributed by atoms with Crippen LogP contribution < -0.4 is 5.32 Å². The Hall–Kier alpha value is -2.56. The fraction of sp³-hybridized carbons (Fsp3) is 0.400. The second-order valence-corrected chi connectivity index (χ2v) is 6.59. The molecule has 0 spiro atoms. The molecule has 0 bridgehead atoms. The molecule has 2 amide bonds. The maximum absolute atomic E-state index is 12.4. The molecule has 1 fully saturated rings. The molecule has 1 aliphatic carbocycles. The Bertz CT molecular complexity index is 703. The monoisotopic (exact) mass is 340 g/mol. The Morgan fingerprint density at radius 2 is 1.96 bits per heavy atom. The molecule has 25 heavy (non-hydrogen) atoms. The highest BCUT2D eigenvalue weighted by molar-refractivity contribution is 5.85. The van der Waals surface area contributed by atoms with E-state index in [4.69, 9.17) is 4.42 Å². The van der Waals surface area contributed by atoms with Gasteiger partial charge in [-0.05, 0) is 43.9 Å². The van der Waals surface area contributed by atoms with Crippen molar-refractivity contribution in [3.63, 3.8) is 0 Å². The van der Waals surface area contributed by atoms with Gasteiger partial charge in [-0.2, -0.15) is 0 Å². The normalized spacial score (nSPS) is 13.5. The molecule has 0 aliphatic heterocycles. The summed E-state index contributed by atoms with van der Waals surface area (Å²) >= 11 is 0. The van der Waals surface area contributed by atoms with E-state index < -0.39 is 0 Å². The van der Waals surface area contributed by atoms with Crippen LogP contribution in [0.2, 0.25) is 0 Å². The lowest BCUT2D eigenvalue weighted by Gasteiger charge is -2.21. The van der Waals surface area contributed by atoms with Crippen LogP contribution in [0.4, 0.5) is 0 Å². The second kappa shape index (κ2) is 8.01. The maximum Gasteiger partial charge on any atom is 0.242 e. The van der Waals surface area contributed by atoms with Crippen molar-refractivity contribution in [1.82, 2.24) is 10.2 Å². The smallest absolute Gasteiger partial charge is 0.242 e. The largest absolute Gasteiger partial charge is 0.467 e. The molecule has 1 saturated carbocycles. The summed E-state index contributed by atoms with van der Waals surface area (Å²) in [5.41, 5.74) is 2.33. The average Bonchev–Trinajstić information content (AvgIpc) is 3.32. The summed E-state index contributed by atoms with van der Waals surface area (Å²) in [6.45, 7) is 2.55. The molecule has 1 aliphatic rings. The standard InChI is InChI=1S/C20H24N2O3/c1-15-4-6-16(7-5-15)8-11-19(23)21-13-20(24)22(17-9-10-17)14-18-3-2-12-25-18/h2-7,12,17H,8-11,13-14H2,1H3,(H,21,23). The van der Waals surface area contributed by atoms with E-state index in [1.165, 1.54) is 5.56 Å². The lowest BCUT2D eigenvalue weighted by atomic mass is 10.1. The first-order valence-electron chi connectivity index (χ1n) is 8.76. The Balaban J connectivity index is 1.43. The van der Waals surface area contributed by atoms with Crippen LogP contribution in [-0.4, -0.2) is 29.3 Å². The van der Waals surface area contributed by atoms with Crippen LogP contribution in [0.1, 0.15) is 36.1 Å². The molecule has 2 aromatic rings. The highest BCUT2D eigenvalue weighted by Gasteiger charge is 2.32. The van der Waals surface area contributed by atoms with Crippen molar-refractivity contribution in [1.29, 1.82) is 0 Å². The van der Waals surface area contributed by atoms with Gasteiger partial charge in [0.05, 0.1) is 19.4 Å². The Labute approximate surface area is 148 Å². The van der Waals surface area contributed by atoms with E-state index >= 15 is 0 Å². The van der Waals surface area contributed by atoms with Crippen LogP contribution in [0.3, 0.4) is 0 Å². The van der Waals surface area contributed by atoms with Gasteiger partial charge in [0.2, 0.25) is 11.8 Å². The van der Waals surface area contributed by atoms with Crippen LogP contribution in [0.25, 0.3) is 0 Å². The summed E-state index contributed by atoms with van der Waals surface area (Å²) in [4.78, 5) is 26.3. The summed E-state index contributed by atoms with van der Waals surface area (Å²) in [5, 5.41) is 2.75. The van der Waals surface area contributed by atoms with Crippen molar-refractivity contribution in [2.45, 2.75) is 45.2 Å². The topological polar surface area (TPSA) is 62.6 Å². The quantitative estimate of drug-likeness (QED) is 0.804. The predicted molar refractivity (Wildman–Crippen MR) is 94.8 cm³/mol. The molecule has 0 saturated heterocycles. The van der Waals surface area contributed by atoms with Gasteiger partial charge >= 0.3 is 0 Å². The zero-order chi connectivity index (χ0) is 17.6. The van der Waals surface area contributed by atoms with Gasteiger partial charge in [0.25, 0.3) is 0 Å². The molecule has 0 unspecified atom stereocenters. The number of aryl methyl sites for hydroxylation is 2. The lowest BCUT2D eigenvalue weighted by Crippen LogP contribution is -2.41. The van der Waals surface area contributed by atoms with E-state index in [2.05, 4.69) is 5.32 Å². The minimum absolute atomic E-state index is 0.0456. The van der Waals surface area contributed by atoms with Gasteiger partial charge in [0, 0.05) is 12.5 Å². The summed E-state index contributed by atoms with van der Waals surface area (Å²) in [7, 11) is 0. The van der Waals surface area contributed by atoms with Gasteiger partial charge in [-0.3, -0.25) is 9.59 Å². The number of furan rings is 1. The molecular formula is C20H24N2O3.